The molecule has 0 radical (unpaired) electrons. The van der Waals surface area contributed by atoms with Gasteiger partial charge < -0.3 is 14.2 Å². The summed E-state index contributed by atoms with van der Waals surface area (Å²) in [5, 5.41) is 3.85. The van der Waals surface area contributed by atoms with Crippen molar-refractivity contribution in [1.82, 2.24) is 19.9 Å². The number of hydrogen-bond acceptors (Lipinski definition) is 6. The van der Waals surface area contributed by atoms with Crippen molar-refractivity contribution in [3.05, 3.63) is 41.5 Å². The van der Waals surface area contributed by atoms with Crippen LogP contribution in [0.3, 0.4) is 0 Å². The number of piperazine rings is 1. The van der Waals surface area contributed by atoms with Gasteiger partial charge in [-0.3, -0.25) is 9.69 Å². The van der Waals surface area contributed by atoms with Crippen LogP contribution in [0.5, 0.6) is 5.75 Å². The minimum absolute atomic E-state index is 0.0680. The Balaban J connectivity index is 1.71. The van der Waals surface area contributed by atoms with Gasteiger partial charge in [0.2, 0.25) is 11.8 Å². The molecule has 0 saturated carbocycles. The fraction of sp³-hybridized carbons (Fsp3) is 0.471. The molecule has 1 aromatic carbocycles. The third-order valence-electron chi connectivity index (χ3n) is 4.36. The van der Waals surface area contributed by atoms with Gasteiger partial charge in [0.05, 0.1) is 13.5 Å². The maximum Gasteiger partial charge on any atom is 0.245 e. The Kier molecular flexibility index (Phi) is 4.80. The first-order valence-electron chi connectivity index (χ1n) is 7.98. The number of carbonyl (C=O) groups excluding carboxylic acids is 1. The largest absolute Gasteiger partial charge is 0.496 e. The second-order valence-electron chi connectivity index (χ2n) is 6.00. The summed E-state index contributed by atoms with van der Waals surface area (Å²) in [4.78, 5) is 21.0. The van der Waals surface area contributed by atoms with Gasteiger partial charge in [0.25, 0.3) is 0 Å². The number of para-hydroxylation sites is 1. The van der Waals surface area contributed by atoms with Gasteiger partial charge in [-0.05, 0) is 20.0 Å². The molecule has 2 aromatic rings. The van der Waals surface area contributed by atoms with Gasteiger partial charge in [-0.25, -0.2) is 0 Å². The quantitative estimate of drug-likeness (QED) is 0.845. The molecule has 1 aliphatic rings. The molecule has 7 heteroatoms. The summed E-state index contributed by atoms with van der Waals surface area (Å²) in [5.41, 5.74) is 0.897. The molecule has 1 unspecified atom stereocenters. The number of carbonyl (C=O) groups is 1. The van der Waals surface area contributed by atoms with Gasteiger partial charge in [0.15, 0.2) is 5.82 Å². The Labute approximate surface area is 141 Å². The molecule has 3 rings (SSSR count). The van der Waals surface area contributed by atoms with E-state index >= 15 is 0 Å². The summed E-state index contributed by atoms with van der Waals surface area (Å²) in [7, 11) is 3.62. The second-order valence-corrected chi connectivity index (χ2v) is 6.00. The number of methoxy groups -OCH3 is 1. The van der Waals surface area contributed by atoms with Crippen LogP contribution in [0.25, 0.3) is 0 Å². The fourth-order valence-electron chi connectivity index (χ4n) is 2.94. The molecule has 1 fully saturated rings. The molecular formula is C17H22N4O3. The van der Waals surface area contributed by atoms with Gasteiger partial charge >= 0.3 is 0 Å². The summed E-state index contributed by atoms with van der Waals surface area (Å²) in [6.45, 7) is 3.80. The van der Waals surface area contributed by atoms with E-state index in [1.807, 2.05) is 36.2 Å². The summed E-state index contributed by atoms with van der Waals surface area (Å²) in [5.74, 6) is 1.98. The van der Waals surface area contributed by atoms with Crippen LogP contribution < -0.4 is 4.74 Å². The first-order valence-corrected chi connectivity index (χ1v) is 7.98. The van der Waals surface area contributed by atoms with Crippen molar-refractivity contribution in [2.24, 2.45) is 0 Å². The van der Waals surface area contributed by atoms with Crippen LogP contribution in [0.1, 0.15) is 23.3 Å². The molecule has 0 N–H and O–H groups in total. The predicted molar refractivity (Wildman–Crippen MR) is 87.7 cm³/mol. The van der Waals surface area contributed by atoms with E-state index in [0.29, 0.717) is 31.2 Å². The Bertz CT molecular complexity index is 715. The summed E-state index contributed by atoms with van der Waals surface area (Å²) >= 11 is 0. The first kappa shape index (κ1) is 16.4. The number of rotatable bonds is 4. The average Bonchev–Trinajstić information content (AvgIpc) is 3.02. The van der Waals surface area contributed by atoms with E-state index in [-0.39, 0.29) is 11.9 Å². The summed E-state index contributed by atoms with van der Waals surface area (Å²) in [6.07, 6.45) is 0.323. The highest BCUT2D eigenvalue weighted by molar-refractivity contribution is 5.79. The monoisotopic (exact) mass is 330 g/mol. The van der Waals surface area contributed by atoms with Crippen LogP contribution in [0.4, 0.5) is 0 Å². The molecule has 1 aromatic heterocycles. The average molecular weight is 330 g/mol. The predicted octanol–water partition coefficient (Wildman–Crippen LogP) is 1.44. The van der Waals surface area contributed by atoms with Crippen molar-refractivity contribution in [2.75, 3.05) is 33.8 Å². The van der Waals surface area contributed by atoms with Crippen molar-refractivity contribution >= 4 is 5.91 Å². The number of aryl methyl sites for hydroxylation is 1. The number of amides is 1. The van der Waals surface area contributed by atoms with E-state index in [4.69, 9.17) is 9.26 Å². The van der Waals surface area contributed by atoms with Crippen LogP contribution in [0, 0.1) is 6.92 Å². The van der Waals surface area contributed by atoms with Crippen LogP contribution in [0.2, 0.25) is 0 Å². The lowest BCUT2D eigenvalue weighted by Crippen LogP contribution is -2.49. The van der Waals surface area contributed by atoms with Crippen molar-refractivity contribution in [2.45, 2.75) is 19.4 Å². The molecule has 1 saturated heterocycles. The highest BCUT2D eigenvalue weighted by Crippen LogP contribution is 2.24. The number of hydrogen-bond donors (Lipinski definition) is 0. The van der Waals surface area contributed by atoms with E-state index in [2.05, 4.69) is 15.0 Å². The van der Waals surface area contributed by atoms with Crippen LogP contribution >= 0.6 is 0 Å². The SMILES string of the molecule is COc1ccccc1CC(=O)N1CCN(C)C(c2nc(C)no2)C1. The third kappa shape index (κ3) is 3.41. The van der Waals surface area contributed by atoms with E-state index < -0.39 is 0 Å². The molecule has 1 aliphatic heterocycles. The van der Waals surface area contributed by atoms with Crippen molar-refractivity contribution in [3.8, 4) is 5.75 Å². The van der Waals surface area contributed by atoms with E-state index in [9.17, 15) is 4.79 Å². The van der Waals surface area contributed by atoms with Gasteiger partial charge in [0.1, 0.15) is 11.8 Å². The molecule has 1 atom stereocenters. The van der Waals surface area contributed by atoms with Gasteiger partial charge in [-0.2, -0.15) is 4.98 Å². The van der Waals surface area contributed by atoms with Crippen molar-refractivity contribution in [3.63, 3.8) is 0 Å². The topological polar surface area (TPSA) is 71.7 Å². The molecule has 1 amide bonds. The Hall–Kier alpha value is -2.41. The van der Waals surface area contributed by atoms with Crippen LogP contribution in [-0.2, 0) is 11.2 Å². The lowest BCUT2D eigenvalue weighted by atomic mass is 10.1. The molecule has 0 spiro atoms. The molecule has 2 heterocycles. The smallest absolute Gasteiger partial charge is 0.245 e. The highest BCUT2D eigenvalue weighted by Gasteiger charge is 2.32. The maximum atomic E-state index is 12.7. The van der Waals surface area contributed by atoms with Gasteiger partial charge in [-0.1, -0.05) is 23.4 Å². The minimum Gasteiger partial charge on any atom is -0.496 e. The Morgan fingerprint density at radius 3 is 2.88 bits per heavy atom. The normalized spacial score (nSPS) is 18.6. The Morgan fingerprint density at radius 1 is 1.38 bits per heavy atom. The van der Waals surface area contributed by atoms with Crippen LogP contribution in [0.15, 0.2) is 28.8 Å². The zero-order valence-electron chi connectivity index (χ0n) is 14.2. The number of aromatic nitrogens is 2. The fourth-order valence-corrected chi connectivity index (χ4v) is 2.94. The highest BCUT2D eigenvalue weighted by atomic mass is 16.5. The number of nitrogens with zero attached hydrogens (tertiary/aromatic N) is 4. The molecule has 0 bridgehead atoms. The van der Waals surface area contributed by atoms with Gasteiger partial charge in [-0.15, -0.1) is 0 Å². The maximum absolute atomic E-state index is 12.7. The lowest BCUT2D eigenvalue weighted by molar-refractivity contribution is -0.133. The molecule has 0 aliphatic carbocycles. The molecule has 128 valence electrons. The van der Waals surface area contributed by atoms with E-state index in [1.54, 1.807) is 14.0 Å². The molecule has 7 nitrogen and oxygen atoms in total. The minimum atomic E-state index is -0.0680. The molecule has 24 heavy (non-hydrogen) atoms. The number of likely N-dealkylation sites (N-methyl/N-ethyl adjacent to an activating group) is 1. The standard InChI is InChI=1S/C17H22N4O3/c1-12-18-17(24-19-12)14-11-21(9-8-20(14)2)16(22)10-13-6-4-5-7-15(13)23-3/h4-7,14H,8-11H2,1-3H3. The number of benzene rings is 1. The number of ether oxygens (including phenoxy) is 1. The molecular weight excluding hydrogens is 308 g/mol. The summed E-state index contributed by atoms with van der Waals surface area (Å²) < 4.78 is 10.6. The Morgan fingerprint density at radius 2 is 2.17 bits per heavy atom. The van der Waals surface area contributed by atoms with Gasteiger partial charge in [0, 0.05) is 25.2 Å². The summed E-state index contributed by atoms with van der Waals surface area (Å²) in [6, 6.07) is 7.54. The van der Waals surface area contributed by atoms with Crippen molar-refractivity contribution in [1.29, 1.82) is 0 Å². The second kappa shape index (κ2) is 7.00. The van der Waals surface area contributed by atoms with E-state index in [0.717, 1.165) is 17.9 Å². The van der Waals surface area contributed by atoms with Crippen molar-refractivity contribution < 1.29 is 14.1 Å². The van der Waals surface area contributed by atoms with Crippen LogP contribution in [-0.4, -0.2) is 59.6 Å². The van der Waals surface area contributed by atoms with E-state index in [1.165, 1.54) is 0 Å². The lowest BCUT2D eigenvalue weighted by Gasteiger charge is -2.37. The first-order chi connectivity index (χ1) is 11.6. The zero-order valence-corrected chi connectivity index (χ0v) is 14.2. The third-order valence-corrected chi connectivity index (χ3v) is 4.36. The zero-order chi connectivity index (χ0) is 17.1.